The Morgan fingerprint density at radius 1 is 0.720 bits per heavy atom. The molecule has 25 heavy (non-hydrogen) atoms. The number of unbranched alkanes of at least 4 members (excludes halogenated alkanes) is 3. The van der Waals surface area contributed by atoms with Gasteiger partial charge in [0.15, 0.2) is 0 Å². The fourth-order valence-corrected chi connectivity index (χ4v) is 2.62. The summed E-state index contributed by atoms with van der Waals surface area (Å²) in [5, 5.41) is 0. The van der Waals surface area contributed by atoms with E-state index < -0.39 is 11.9 Å². The van der Waals surface area contributed by atoms with Crippen LogP contribution in [0, 0.1) is 11.8 Å². The molecule has 0 radical (unpaired) electrons. The van der Waals surface area contributed by atoms with Gasteiger partial charge in [-0.2, -0.15) is 0 Å². The zero-order valence-electron chi connectivity index (χ0n) is 16.7. The quantitative estimate of drug-likeness (QED) is 0.223. The van der Waals surface area contributed by atoms with Gasteiger partial charge >= 0.3 is 11.9 Å². The Bertz CT molecular complexity index is 376. The van der Waals surface area contributed by atoms with E-state index in [0.29, 0.717) is 25.0 Å². The van der Waals surface area contributed by atoms with E-state index in [1.165, 1.54) is 31.4 Å². The van der Waals surface area contributed by atoms with Gasteiger partial charge < -0.3 is 9.47 Å². The first-order valence-corrected chi connectivity index (χ1v) is 10.1. The summed E-state index contributed by atoms with van der Waals surface area (Å²) < 4.78 is 10.5. The Morgan fingerprint density at radius 3 is 1.56 bits per heavy atom. The summed E-state index contributed by atoms with van der Waals surface area (Å²) in [6, 6.07) is 0. The second kappa shape index (κ2) is 16.2. The van der Waals surface area contributed by atoms with Crippen molar-refractivity contribution < 1.29 is 19.1 Å². The Morgan fingerprint density at radius 2 is 1.16 bits per heavy atom. The molecule has 0 saturated heterocycles. The SMILES string of the molecule is CCCCCC(CC)COC(=O)/C=C\C(=O)OCC(CC)CCCC. The number of hydrogen-bond donors (Lipinski definition) is 0. The van der Waals surface area contributed by atoms with Crippen molar-refractivity contribution in [3.8, 4) is 0 Å². The van der Waals surface area contributed by atoms with Gasteiger partial charge in [0, 0.05) is 12.2 Å². The van der Waals surface area contributed by atoms with Gasteiger partial charge in [-0.25, -0.2) is 9.59 Å². The molecule has 0 rings (SSSR count). The molecule has 0 aliphatic heterocycles. The summed E-state index contributed by atoms with van der Waals surface area (Å²) in [4.78, 5) is 23.4. The molecule has 0 fully saturated rings. The van der Waals surface area contributed by atoms with Crippen LogP contribution in [0.3, 0.4) is 0 Å². The second-order valence-corrected chi connectivity index (χ2v) is 6.78. The average molecular weight is 355 g/mol. The molecule has 0 saturated carbocycles. The van der Waals surface area contributed by atoms with Crippen LogP contribution in [0.1, 0.15) is 85.5 Å². The van der Waals surface area contributed by atoms with E-state index >= 15 is 0 Å². The van der Waals surface area contributed by atoms with E-state index in [2.05, 4.69) is 27.7 Å². The Labute approximate surface area is 154 Å². The first-order chi connectivity index (χ1) is 12.1. The summed E-state index contributed by atoms with van der Waals surface area (Å²) in [5.74, 6) is -0.136. The number of carbonyl (C=O) groups is 2. The van der Waals surface area contributed by atoms with Gasteiger partial charge in [-0.1, -0.05) is 72.6 Å². The molecular weight excluding hydrogens is 316 g/mol. The topological polar surface area (TPSA) is 52.6 Å². The lowest BCUT2D eigenvalue weighted by Crippen LogP contribution is -2.14. The fraction of sp³-hybridized carbons (Fsp3) is 0.810. The van der Waals surface area contributed by atoms with Gasteiger partial charge in [-0.3, -0.25) is 0 Å². The van der Waals surface area contributed by atoms with Crippen molar-refractivity contribution >= 4 is 11.9 Å². The Balaban J connectivity index is 4.04. The van der Waals surface area contributed by atoms with Crippen molar-refractivity contribution in [1.29, 1.82) is 0 Å². The average Bonchev–Trinajstić information content (AvgIpc) is 2.63. The largest absolute Gasteiger partial charge is 0.462 e. The van der Waals surface area contributed by atoms with E-state index in [-0.39, 0.29) is 0 Å². The number of hydrogen-bond acceptors (Lipinski definition) is 4. The molecule has 0 aliphatic rings. The Kier molecular flexibility index (Phi) is 15.3. The molecular formula is C21H38O4. The minimum absolute atomic E-state index is 0.401. The summed E-state index contributed by atoms with van der Waals surface area (Å²) in [6.45, 7) is 9.39. The number of rotatable bonds is 15. The molecule has 0 N–H and O–H groups in total. The molecule has 4 nitrogen and oxygen atoms in total. The fourth-order valence-electron chi connectivity index (χ4n) is 2.62. The molecule has 0 spiro atoms. The van der Waals surface area contributed by atoms with Crippen LogP contribution in [-0.2, 0) is 19.1 Å². The van der Waals surface area contributed by atoms with E-state index in [1.54, 1.807) is 0 Å². The number of ether oxygens (including phenoxy) is 2. The molecule has 0 aromatic carbocycles. The van der Waals surface area contributed by atoms with Crippen molar-refractivity contribution in [3.05, 3.63) is 12.2 Å². The highest BCUT2D eigenvalue weighted by Gasteiger charge is 2.10. The standard InChI is InChI=1S/C21H38O4/c1-5-9-11-13-19(8-4)17-25-21(23)15-14-20(22)24-16-18(7-3)12-10-6-2/h14-15,18-19H,5-13,16-17H2,1-4H3/b15-14-. The van der Waals surface area contributed by atoms with Crippen LogP contribution in [0.15, 0.2) is 12.2 Å². The molecule has 0 heterocycles. The maximum Gasteiger partial charge on any atom is 0.331 e. The van der Waals surface area contributed by atoms with Crippen LogP contribution in [-0.4, -0.2) is 25.2 Å². The monoisotopic (exact) mass is 354 g/mol. The van der Waals surface area contributed by atoms with Gasteiger partial charge in [0.1, 0.15) is 0 Å². The van der Waals surface area contributed by atoms with Crippen molar-refractivity contribution in [2.24, 2.45) is 11.8 Å². The highest BCUT2D eigenvalue weighted by molar-refractivity contribution is 5.91. The number of esters is 2. The van der Waals surface area contributed by atoms with Crippen molar-refractivity contribution in [3.63, 3.8) is 0 Å². The molecule has 0 aliphatic carbocycles. The number of carbonyl (C=O) groups excluding carboxylic acids is 2. The minimum Gasteiger partial charge on any atom is -0.462 e. The normalized spacial score (nSPS) is 13.6. The summed E-state index contributed by atoms with van der Waals surface area (Å²) in [5.41, 5.74) is 0. The molecule has 0 bridgehead atoms. The van der Waals surface area contributed by atoms with Gasteiger partial charge in [0.05, 0.1) is 13.2 Å². The predicted octanol–water partition coefficient (Wildman–Crippen LogP) is 5.45. The van der Waals surface area contributed by atoms with Gasteiger partial charge in [-0.05, 0) is 24.7 Å². The highest BCUT2D eigenvalue weighted by atomic mass is 16.5. The Hall–Kier alpha value is -1.32. The van der Waals surface area contributed by atoms with Gasteiger partial charge in [-0.15, -0.1) is 0 Å². The molecule has 146 valence electrons. The van der Waals surface area contributed by atoms with E-state index in [1.807, 2.05) is 0 Å². The lowest BCUT2D eigenvalue weighted by atomic mass is 10.00. The summed E-state index contributed by atoms with van der Waals surface area (Å²) in [7, 11) is 0. The third-order valence-electron chi connectivity index (χ3n) is 4.61. The van der Waals surface area contributed by atoms with Gasteiger partial charge in [0.25, 0.3) is 0 Å². The molecule has 0 aromatic heterocycles. The zero-order chi connectivity index (χ0) is 18.9. The van der Waals surface area contributed by atoms with E-state index in [9.17, 15) is 9.59 Å². The first-order valence-electron chi connectivity index (χ1n) is 10.1. The summed E-state index contributed by atoms with van der Waals surface area (Å²) >= 11 is 0. The van der Waals surface area contributed by atoms with Crippen molar-refractivity contribution in [1.82, 2.24) is 0 Å². The molecule has 0 aromatic rings. The van der Waals surface area contributed by atoms with Crippen LogP contribution in [0.25, 0.3) is 0 Å². The summed E-state index contributed by atoms with van der Waals surface area (Å²) in [6.07, 6.45) is 12.4. The molecule has 2 unspecified atom stereocenters. The van der Waals surface area contributed by atoms with Crippen LogP contribution in [0.2, 0.25) is 0 Å². The van der Waals surface area contributed by atoms with Crippen molar-refractivity contribution in [2.45, 2.75) is 85.5 Å². The van der Waals surface area contributed by atoms with Crippen LogP contribution < -0.4 is 0 Å². The van der Waals surface area contributed by atoms with Crippen molar-refractivity contribution in [2.75, 3.05) is 13.2 Å². The first kappa shape index (κ1) is 23.7. The van der Waals surface area contributed by atoms with E-state index in [4.69, 9.17) is 9.47 Å². The third kappa shape index (κ3) is 13.6. The third-order valence-corrected chi connectivity index (χ3v) is 4.61. The predicted molar refractivity (Wildman–Crippen MR) is 102 cm³/mol. The minimum atomic E-state index is -0.470. The van der Waals surface area contributed by atoms with Crippen LogP contribution in [0.4, 0.5) is 0 Å². The smallest absolute Gasteiger partial charge is 0.331 e. The maximum absolute atomic E-state index is 11.7. The van der Waals surface area contributed by atoms with Crippen LogP contribution in [0.5, 0.6) is 0 Å². The second-order valence-electron chi connectivity index (χ2n) is 6.78. The zero-order valence-corrected chi connectivity index (χ0v) is 16.7. The maximum atomic E-state index is 11.7. The van der Waals surface area contributed by atoms with E-state index in [0.717, 1.165) is 38.5 Å². The van der Waals surface area contributed by atoms with Crippen LogP contribution >= 0.6 is 0 Å². The highest BCUT2D eigenvalue weighted by Crippen LogP contribution is 2.14. The molecule has 0 amide bonds. The lowest BCUT2D eigenvalue weighted by Gasteiger charge is -2.14. The molecule has 4 heteroatoms. The van der Waals surface area contributed by atoms with Gasteiger partial charge in [0.2, 0.25) is 0 Å². The molecule has 2 atom stereocenters. The lowest BCUT2D eigenvalue weighted by molar-refractivity contribution is -0.142.